The Kier molecular flexibility index (Phi) is 6.36. The number of halogens is 2. The molecule has 2 aromatic rings. The van der Waals surface area contributed by atoms with E-state index in [1.54, 1.807) is 18.7 Å². The van der Waals surface area contributed by atoms with E-state index in [0.717, 1.165) is 37.2 Å². The quantitative estimate of drug-likeness (QED) is 0.571. The Hall–Kier alpha value is -3.02. The number of aromatic nitrogens is 2. The zero-order valence-corrected chi connectivity index (χ0v) is 19.8. The number of hydrogen-bond donors (Lipinski definition) is 0. The topological polar surface area (TPSA) is 108 Å². The number of benzene rings is 1. The van der Waals surface area contributed by atoms with Crippen LogP contribution in [0.5, 0.6) is 17.5 Å². The molecule has 9 nitrogen and oxygen atoms in total. The highest BCUT2D eigenvalue weighted by Gasteiger charge is 2.58. The number of nitrogens with zero attached hydrogens (tertiary/aromatic N) is 3. The first-order valence-corrected chi connectivity index (χ1v) is 12.6. The zero-order chi connectivity index (χ0) is 24.7. The van der Waals surface area contributed by atoms with Crippen molar-refractivity contribution in [2.45, 2.75) is 37.7 Å². The molecule has 1 saturated heterocycles. The van der Waals surface area contributed by atoms with Crippen LogP contribution in [0.3, 0.4) is 0 Å². The van der Waals surface area contributed by atoms with Gasteiger partial charge in [0, 0.05) is 24.8 Å². The number of rotatable bonds is 7. The molecule has 184 valence electrons. The van der Waals surface area contributed by atoms with Crippen LogP contribution in [0.15, 0.2) is 29.4 Å². The van der Waals surface area contributed by atoms with Crippen LogP contribution >= 0.6 is 0 Å². The Labute approximate surface area is 196 Å². The lowest BCUT2D eigenvalue weighted by Gasteiger charge is -2.31. The minimum atomic E-state index is -3.61. The van der Waals surface area contributed by atoms with E-state index in [-0.39, 0.29) is 40.9 Å². The average Bonchev–Trinajstić information content (AvgIpc) is 3.48. The summed E-state index contributed by atoms with van der Waals surface area (Å²) in [5.74, 6) is -3.03. The molecule has 1 saturated carbocycles. The Bertz CT molecular complexity index is 1210. The van der Waals surface area contributed by atoms with Gasteiger partial charge in [0.15, 0.2) is 21.4 Å². The maximum absolute atomic E-state index is 14.9. The van der Waals surface area contributed by atoms with Gasteiger partial charge in [0.25, 0.3) is 11.8 Å². The molecule has 2 unspecified atom stereocenters. The van der Waals surface area contributed by atoms with Gasteiger partial charge in [0.2, 0.25) is 5.82 Å². The highest BCUT2D eigenvalue weighted by Crippen LogP contribution is 2.58. The normalized spacial score (nSPS) is 21.7. The van der Waals surface area contributed by atoms with Gasteiger partial charge in [-0.2, -0.15) is 14.4 Å². The van der Waals surface area contributed by atoms with Crippen LogP contribution in [-0.2, 0) is 14.6 Å². The van der Waals surface area contributed by atoms with Crippen molar-refractivity contribution >= 4 is 15.9 Å². The van der Waals surface area contributed by atoms with Gasteiger partial charge >= 0.3 is 6.09 Å². The number of fused-ring (bicyclic) bond motifs is 1. The molecule has 34 heavy (non-hydrogen) atoms. The number of carbonyl (C=O) groups excluding carboxylic acids is 1. The number of piperidine rings is 1. The van der Waals surface area contributed by atoms with Crippen LogP contribution < -0.4 is 9.47 Å². The van der Waals surface area contributed by atoms with Crippen LogP contribution in [0.2, 0.25) is 0 Å². The number of ether oxygens (including phenoxy) is 3. The highest BCUT2D eigenvalue weighted by atomic mass is 32.2. The summed E-state index contributed by atoms with van der Waals surface area (Å²) in [4.78, 5) is 21.1. The molecule has 2 aliphatic rings. The molecule has 0 spiro atoms. The molecule has 1 amide bonds. The third-order valence-electron chi connectivity index (χ3n) is 6.03. The lowest BCUT2D eigenvalue weighted by molar-refractivity contribution is 0.0584. The molecule has 2 atom stereocenters. The number of carbonyl (C=O) groups is 1. The highest BCUT2D eigenvalue weighted by molar-refractivity contribution is 7.90. The molecule has 0 bridgehead atoms. The van der Waals surface area contributed by atoms with Gasteiger partial charge in [0.05, 0.1) is 17.6 Å². The fourth-order valence-corrected chi connectivity index (χ4v) is 4.66. The summed E-state index contributed by atoms with van der Waals surface area (Å²) in [5.41, 5.74) is -0.166. The number of likely N-dealkylation sites (tertiary alicyclic amines) is 1. The van der Waals surface area contributed by atoms with E-state index >= 15 is 0 Å². The molecule has 2 fully saturated rings. The van der Waals surface area contributed by atoms with Gasteiger partial charge in [-0.1, -0.05) is 0 Å². The van der Waals surface area contributed by atoms with Crippen molar-refractivity contribution < 1.29 is 36.2 Å². The molecule has 2 heterocycles. The minimum absolute atomic E-state index is 0.166. The van der Waals surface area contributed by atoms with Crippen LogP contribution in [0.1, 0.15) is 26.7 Å². The fourth-order valence-electron chi connectivity index (χ4n) is 4.02. The second kappa shape index (κ2) is 8.97. The van der Waals surface area contributed by atoms with E-state index in [1.165, 1.54) is 0 Å². The summed E-state index contributed by atoms with van der Waals surface area (Å²) in [6.07, 6.45) is 2.98. The summed E-state index contributed by atoms with van der Waals surface area (Å²) in [7, 11) is -3.61. The fraction of sp³-hybridized carbons (Fsp3) is 0.500. The molecule has 0 radical (unpaired) electrons. The third-order valence-corrected chi connectivity index (χ3v) is 7.14. The first-order chi connectivity index (χ1) is 16.0. The van der Waals surface area contributed by atoms with Gasteiger partial charge in [-0.15, -0.1) is 0 Å². The smallest absolute Gasteiger partial charge is 0.410 e. The number of amides is 1. The molecular weight excluding hydrogens is 472 g/mol. The van der Waals surface area contributed by atoms with Crippen molar-refractivity contribution in [3.63, 3.8) is 0 Å². The molecule has 4 rings (SSSR count). The van der Waals surface area contributed by atoms with Gasteiger partial charge in [-0.05, 0) is 50.8 Å². The predicted octanol–water partition coefficient (Wildman–Crippen LogP) is 3.59. The van der Waals surface area contributed by atoms with Gasteiger partial charge in [-0.25, -0.2) is 17.6 Å². The molecular formula is C22H25F2N3O6S. The van der Waals surface area contributed by atoms with E-state index in [9.17, 15) is 22.0 Å². The van der Waals surface area contributed by atoms with Crippen LogP contribution in [0.25, 0.3) is 0 Å². The molecule has 1 aromatic carbocycles. The van der Waals surface area contributed by atoms with Crippen LogP contribution in [-0.4, -0.2) is 61.4 Å². The SMILES string of the molecule is CC(C)OC(=O)N1CCC2(COc3ncnc(Oc4ccc(S(C)(=O)=O)cc4F)c3F)CC2C1. The summed E-state index contributed by atoms with van der Waals surface area (Å²) in [6.45, 7) is 4.87. The van der Waals surface area contributed by atoms with E-state index < -0.39 is 33.1 Å². The second-order valence-corrected chi connectivity index (χ2v) is 11.0. The van der Waals surface area contributed by atoms with E-state index in [4.69, 9.17) is 14.2 Å². The summed E-state index contributed by atoms with van der Waals surface area (Å²) in [5, 5.41) is 0. The van der Waals surface area contributed by atoms with Crippen LogP contribution in [0, 0.1) is 23.0 Å². The average molecular weight is 498 g/mol. The minimum Gasteiger partial charge on any atom is -0.475 e. The summed E-state index contributed by atoms with van der Waals surface area (Å²) < 4.78 is 68.4. The molecule has 0 N–H and O–H groups in total. The first-order valence-electron chi connectivity index (χ1n) is 10.7. The molecule has 1 aromatic heterocycles. The molecule has 1 aliphatic heterocycles. The van der Waals surface area contributed by atoms with Crippen molar-refractivity contribution in [2.75, 3.05) is 26.0 Å². The van der Waals surface area contributed by atoms with Gasteiger partial charge in [0.1, 0.15) is 6.33 Å². The second-order valence-electron chi connectivity index (χ2n) is 8.95. The third kappa shape index (κ3) is 5.06. The van der Waals surface area contributed by atoms with Gasteiger partial charge in [-0.3, -0.25) is 0 Å². The Balaban J connectivity index is 1.39. The van der Waals surface area contributed by atoms with E-state index in [2.05, 4.69) is 9.97 Å². The number of sulfone groups is 1. The van der Waals surface area contributed by atoms with E-state index in [1.807, 2.05) is 0 Å². The monoisotopic (exact) mass is 497 g/mol. The lowest BCUT2D eigenvalue weighted by atomic mass is 9.96. The summed E-state index contributed by atoms with van der Waals surface area (Å²) >= 11 is 0. The van der Waals surface area contributed by atoms with Crippen molar-refractivity contribution in [3.05, 3.63) is 36.2 Å². The Morgan fingerprint density at radius 3 is 2.65 bits per heavy atom. The molecule has 12 heteroatoms. The molecule has 1 aliphatic carbocycles. The summed E-state index contributed by atoms with van der Waals surface area (Å²) in [6, 6.07) is 3.02. The van der Waals surface area contributed by atoms with E-state index in [0.29, 0.717) is 19.5 Å². The first kappa shape index (κ1) is 24.1. The zero-order valence-electron chi connectivity index (χ0n) is 19.0. The largest absolute Gasteiger partial charge is 0.475 e. The number of hydrogen-bond acceptors (Lipinski definition) is 8. The predicted molar refractivity (Wildman–Crippen MR) is 115 cm³/mol. The standard InChI is InChI=1S/C22H25F2N3O6S/c1-13(2)32-21(28)27-7-6-22(9-14(22)10-27)11-31-19-18(24)20(26-12-25-19)33-17-5-4-15(8-16(17)23)34(3,29)30/h4-5,8,12-14H,6-7,9-11H2,1-3H3. The Morgan fingerprint density at radius 2 is 2.00 bits per heavy atom. The van der Waals surface area contributed by atoms with Crippen molar-refractivity contribution in [1.29, 1.82) is 0 Å². The van der Waals surface area contributed by atoms with Crippen molar-refractivity contribution in [3.8, 4) is 17.5 Å². The lowest BCUT2D eigenvalue weighted by Crippen LogP contribution is -2.41. The van der Waals surface area contributed by atoms with Crippen molar-refractivity contribution in [1.82, 2.24) is 14.9 Å². The maximum Gasteiger partial charge on any atom is 0.410 e. The van der Waals surface area contributed by atoms with Gasteiger partial charge < -0.3 is 19.1 Å². The van der Waals surface area contributed by atoms with Crippen LogP contribution in [0.4, 0.5) is 13.6 Å². The van der Waals surface area contributed by atoms with Crippen molar-refractivity contribution in [2.24, 2.45) is 11.3 Å². The Morgan fingerprint density at radius 1 is 1.26 bits per heavy atom. The maximum atomic E-state index is 14.9.